The van der Waals surface area contributed by atoms with Crippen LogP contribution < -0.4 is 15.7 Å². The van der Waals surface area contributed by atoms with Crippen LogP contribution in [0.5, 0.6) is 11.5 Å². The quantitative estimate of drug-likeness (QED) is 0.749. The van der Waals surface area contributed by atoms with E-state index >= 15 is 0 Å². The molecule has 0 bridgehead atoms. The predicted octanol–water partition coefficient (Wildman–Crippen LogP) is 2.23. The minimum absolute atomic E-state index is 0.00302. The first kappa shape index (κ1) is 17.2. The van der Waals surface area contributed by atoms with Gasteiger partial charge in [-0.05, 0) is 12.1 Å². The molecule has 1 aromatic heterocycles. The number of carbonyl (C=O) groups is 1. The molecule has 0 spiro atoms. The second-order valence-electron chi connectivity index (χ2n) is 5.31. The van der Waals surface area contributed by atoms with Gasteiger partial charge in [-0.15, -0.1) is 0 Å². The molecule has 7 nitrogen and oxygen atoms in total. The van der Waals surface area contributed by atoms with Crippen molar-refractivity contribution in [3.8, 4) is 28.3 Å². The Morgan fingerprint density at radius 3 is 2.50 bits per heavy atom. The number of hydrogen-bond donors (Lipinski definition) is 2. The second-order valence-corrected chi connectivity index (χ2v) is 5.31. The SMILES string of the molecule is CNC(=O)c1nn(-c2ccccc2-c2ccccc2OF)cc(O)c1=O. The number of benzene rings is 2. The van der Waals surface area contributed by atoms with Crippen molar-refractivity contribution in [1.82, 2.24) is 15.1 Å². The molecule has 26 heavy (non-hydrogen) atoms. The van der Waals surface area contributed by atoms with Crippen LogP contribution in [0.1, 0.15) is 10.5 Å². The van der Waals surface area contributed by atoms with E-state index in [1.807, 2.05) is 0 Å². The van der Waals surface area contributed by atoms with Gasteiger partial charge in [-0.3, -0.25) is 14.5 Å². The van der Waals surface area contributed by atoms with Gasteiger partial charge in [0, 0.05) is 22.7 Å². The van der Waals surface area contributed by atoms with E-state index in [1.54, 1.807) is 42.5 Å². The van der Waals surface area contributed by atoms with Crippen LogP contribution in [-0.4, -0.2) is 27.8 Å². The molecular formula is C18H14FN3O4. The lowest BCUT2D eigenvalue weighted by Crippen LogP contribution is -2.29. The lowest BCUT2D eigenvalue weighted by molar-refractivity contribution is -0.00545. The van der Waals surface area contributed by atoms with Gasteiger partial charge < -0.3 is 10.4 Å². The highest BCUT2D eigenvalue weighted by atomic mass is 19.3. The normalized spacial score (nSPS) is 10.4. The third-order valence-corrected chi connectivity index (χ3v) is 3.75. The zero-order valence-corrected chi connectivity index (χ0v) is 13.6. The molecule has 0 unspecified atom stereocenters. The fourth-order valence-electron chi connectivity index (χ4n) is 2.53. The standard InChI is InChI=1S/C18H14FN3O4/c1-20-18(25)16-17(24)14(23)10-22(21-16)13-8-4-2-6-11(13)12-7-3-5-9-15(12)26-19/h2-10,23H,1H3,(H,20,25). The Kier molecular flexibility index (Phi) is 4.66. The molecule has 0 fully saturated rings. The Labute approximate surface area is 147 Å². The van der Waals surface area contributed by atoms with E-state index in [0.29, 0.717) is 16.8 Å². The summed E-state index contributed by atoms with van der Waals surface area (Å²) in [6, 6.07) is 13.2. The summed E-state index contributed by atoms with van der Waals surface area (Å²) in [5.41, 5.74) is 0.0339. The molecule has 1 amide bonds. The first-order valence-electron chi connectivity index (χ1n) is 7.59. The van der Waals surface area contributed by atoms with Crippen LogP contribution in [0.25, 0.3) is 16.8 Å². The molecule has 0 radical (unpaired) electrons. The number of amides is 1. The van der Waals surface area contributed by atoms with E-state index in [-0.39, 0.29) is 5.75 Å². The third kappa shape index (κ3) is 3.00. The molecule has 0 saturated heterocycles. The Morgan fingerprint density at radius 2 is 1.81 bits per heavy atom. The minimum Gasteiger partial charge on any atom is -0.503 e. The number of para-hydroxylation sites is 2. The van der Waals surface area contributed by atoms with Gasteiger partial charge >= 0.3 is 0 Å². The number of hydrogen-bond acceptors (Lipinski definition) is 5. The van der Waals surface area contributed by atoms with E-state index in [0.717, 1.165) is 6.20 Å². The van der Waals surface area contributed by atoms with E-state index < -0.39 is 22.8 Å². The summed E-state index contributed by atoms with van der Waals surface area (Å²) in [5, 5.41) is 16.2. The Bertz CT molecular complexity index is 1030. The number of halogens is 1. The molecular weight excluding hydrogens is 341 g/mol. The molecule has 2 aromatic carbocycles. The fourth-order valence-corrected chi connectivity index (χ4v) is 2.53. The Balaban J connectivity index is 2.25. The van der Waals surface area contributed by atoms with Crippen molar-refractivity contribution in [3.05, 3.63) is 70.6 Å². The number of aromatic nitrogens is 2. The predicted molar refractivity (Wildman–Crippen MR) is 92.1 cm³/mol. The first-order valence-corrected chi connectivity index (χ1v) is 7.59. The summed E-state index contributed by atoms with van der Waals surface area (Å²) in [7, 11) is 1.35. The molecule has 8 heteroatoms. The number of aromatic hydroxyl groups is 1. The minimum atomic E-state index is -0.884. The van der Waals surface area contributed by atoms with E-state index in [2.05, 4.69) is 15.4 Å². The third-order valence-electron chi connectivity index (χ3n) is 3.75. The van der Waals surface area contributed by atoms with Gasteiger partial charge in [0.05, 0.1) is 11.9 Å². The fraction of sp³-hybridized carbons (Fsp3) is 0.0556. The molecule has 0 aliphatic rings. The average molecular weight is 355 g/mol. The maximum Gasteiger partial charge on any atom is 0.275 e. The van der Waals surface area contributed by atoms with Gasteiger partial charge in [0.1, 0.15) is 0 Å². The monoisotopic (exact) mass is 355 g/mol. The van der Waals surface area contributed by atoms with Crippen LogP contribution in [0.4, 0.5) is 4.53 Å². The number of nitrogens with one attached hydrogen (secondary N) is 1. The maximum absolute atomic E-state index is 12.9. The van der Waals surface area contributed by atoms with Gasteiger partial charge in [-0.2, -0.15) is 5.10 Å². The van der Waals surface area contributed by atoms with Gasteiger partial charge in [0.2, 0.25) is 0 Å². The van der Waals surface area contributed by atoms with Crippen molar-refractivity contribution in [2.45, 2.75) is 0 Å². The number of rotatable bonds is 4. The summed E-state index contributed by atoms with van der Waals surface area (Å²) >= 11 is 0. The van der Waals surface area contributed by atoms with E-state index in [1.165, 1.54) is 17.8 Å². The number of nitrogens with zero attached hydrogens (tertiary/aromatic N) is 2. The van der Waals surface area contributed by atoms with Crippen molar-refractivity contribution in [2.75, 3.05) is 7.05 Å². The zero-order chi connectivity index (χ0) is 18.7. The molecule has 0 aliphatic carbocycles. The first-order chi connectivity index (χ1) is 12.6. The second kappa shape index (κ2) is 7.06. The average Bonchev–Trinajstić information content (AvgIpc) is 2.69. The molecule has 1 heterocycles. The van der Waals surface area contributed by atoms with E-state index in [4.69, 9.17) is 0 Å². The zero-order valence-electron chi connectivity index (χ0n) is 13.6. The van der Waals surface area contributed by atoms with Crippen molar-refractivity contribution in [1.29, 1.82) is 0 Å². The smallest absolute Gasteiger partial charge is 0.275 e. The lowest BCUT2D eigenvalue weighted by Gasteiger charge is -2.14. The van der Waals surface area contributed by atoms with Crippen LogP contribution in [0, 0.1) is 0 Å². The summed E-state index contributed by atoms with van der Waals surface area (Å²) in [6.45, 7) is 0. The molecule has 132 valence electrons. The van der Waals surface area contributed by atoms with Crippen molar-refractivity contribution in [3.63, 3.8) is 0 Å². The largest absolute Gasteiger partial charge is 0.503 e. The van der Waals surface area contributed by atoms with Crippen LogP contribution in [0.3, 0.4) is 0 Å². The highest BCUT2D eigenvalue weighted by Gasteiger charge is 2.18. The van der Waals surface area contributed by atoms with Crippen molar-refractivity contribution >= 4 is 5.91 Å². The highest BCUT2D eigenvalue weighted by Crippen LogP contribution is 2.34. The summed E-state index contributed by atoms with van der Waals surface area (Å²) in [6.07, 6.45) is 1.09. The van der Waals surface area contributed by atoms with Crippen LogP contribution >= 0.6 is 0 Å². The Morgan fingerprint density at radius 1 is 1.15 bits per heavy atom. The summed E-state index contributed by atoms with van der Waals surface area (Å²) in [5.74, 6) is -1.37. The van der Waals surface area contributed by atoms with Gasteiger partial charge in [-0.1, -0.05) is 36.4 Å². The topological polar surface area (TPSA) is 93.5 Å². The molecule has 3 rings (SSSR count). The van der Waals surface area contributed by atoms with Crippen LogP contribution in [0.2, 0.25) is 0 Å². The van der Waals surface area contributed by atoms with Gasteiger partial charge in [0.25, 0.3) is 11.3 Å². The van der Waals surface area contributed by atoms with Crippen LogP contribution in [-0.2, 0) is 0 Å². The van der Waals surface area contributed by atoms with Crippen molar-refractivity contribution < 1.29 is 19.4 Å². The highest BCUT2D eigenvalue weighted by molar-refractivity contribution is 5.92. The summed E-state index contributed by atoms with van der Waals surface area (Å²) in [4.78, 5) is 27.7. The maximum atomic E-state index is 12.9. The Hall–Kier alpha value is -3.68. The van der Waals surface area contributed by atoms with Crippen molar-refractivity contribution in [2.24, 2.45) is 0 Å². The van der Waals surface area contributed by atoms with Gasteiger partial charge in [0.15, 0.2) is 17.2 Å². The van der Waals surface area contributed by atoms with Crippen LogP contribution in [0.15, 0.2) is 59.5 Å². The molecule has 2 N–H and O–H groups in total. The number of carbonyl (C=O) groups excluding carboxylic acids is 1. The summed E-state index contributed by atoms with van der Waals surface area (Å²) < 4.78 is 14.1. The lowest BCUT2D eigenvalue weighted by atomic mass is 10.0. The molecule has 3 aromatic rings. The molecule has 0 aliphatic heterocycles. The molecule has 0 atom stereocenters. The van der Waals surface area contributed by atoms with Gasteiger partial charge in [-0.25, -0.2) is 4.68 Å². The van der Waals surface area contributed by atoms with E-state index in [9.17, 15) is 19.2 Å². The molecule has 0 saturated carbocycles.